The monoisotopic (exact) mass is 292 g/mol. The molecule has 1 heterocycles. The van der Waals surface area contributed by atoms with Crippen molar-refractivity contribution in [3.63, 3.8) is 0 Å². The average Bonchev–Trinajstić information content (AvgIpc) is 2.45. The van der Waals surface area contributed by atoms with Gasteiger partial charge in [0.25, 0.3) is 0 Å². The topological polar surface area (TPSA) is 49.4 Å². The third kappa shape index (κ3) is 4.23. The first-order valence-corrected chi connectivity index (χ1v) is 7.98. The number of terminal acetylenes is 1. The molecule has 4 heteroatoms. The number of amides is 2. The van der Waals surface area contributed by atoms with Gasteiger partial charge in [-0.15, -0.1) is 12.3 Å². The Morgan fingerprint density at radius 3 is 2.48 bits per heavy atom. The van der Waals surface area contributed by atoms with Crippen molar-refractivity contribution in [3.8, 4) is 12.3 Å². The van der Waals surface area contributed by atoms with Crippen molar-refractivity contribution in [2.45, 2.75) is 65.5 Å². The lowest BCUT2D eigenvalue weighted by atomic mass is 9.90. The molecule has 118 valence electrons. The Morgan fingerprint density at radius 2 is 1.95 bits per heavy atom. The lowest BCUT2D eigenvalue weighted by molar-refractivity contribution is -0.152. The first-order chi connectivity index (χ1) is 9.93. The molecule has 1 fully saturated rings. The second-order valence-corrected chi connectivity index (χ2v) is 6.25. The van der Waals surface area contributed by atoms with E-state index in [1.54, 1.807) is 4.90 Å². The van der Waals surface area contributed by atoms with E-state index in [0.717, 1.165) is 25.7 Å². The number of hydrogen-bond acceptors (Lipinski definition) is 2. The van der Waals surface area contributed by atoms with Gasteiger partial charge < -0.3 is 10.2 Å². The highest BCUT2D eigenvalue weighted by atomic mass is 16.2. The molecule has 0 aromatic heterocycles. The predicted octanol–water partition coefficient (Wildman–Crippen LogP) is 2.19. The summed E-state index contributed by atoms with van der Waals surface area (Å²) in [4.78, 5) is 26.9. The highest BCUT2D eigenvalue weighted by Gasteiger charge is 2.42. The van der Waals surface area contributed by atoms with Crippen LogP contribution in [0.1, 0.15) is 53.4 Å². The molecule has 1 aliphatic rings. The first kappa shape index (κ1) is 17.6. The molecule has 0 bridgehead atoms. The Bertz CT molecular complexity index is 412. The molecule has 0 saturated carbocycles. The second kappa shape index (κ2) is 8.07. The summed E-state index contributed by atoms with van der Waals surface area (Å²) >= 11 is 0. The zero-order valence-electron chi connectivity index (χ0n) is 13.7. The molecule has 3 unspecified atom stereocenters. The largest absolute Gasteiger partial charge is 0.342 e. The summed E-state index contributed by atoms with van der Waals surface area (Å²) < 4.78 is 0. The Hall–Kier alpha value is -1.50. The van der Waals surface area contributed by atoms with Crippen LogP contribution in [0.25, 0.3) is 0 Å². The molecule has 1 N–H and O–H groups in total. The van der Waals surface area contributed by atoms with Gasteiger partial charge in [0.2, 0.25) is 11.8 Å². The van der Waals surface area contributed by atoms with Crippen molar-refractivity contribution >= 4 is 11.8 Å². The van der Waals surface area contributed by atoms with Crippen LogP contribution in [-0.2, 0) is 9.59 Å². The smallest absolute Gasteiger partial charge is 0.246 e. The van der Waals surface area contributed by atoms with E-state index >= 15 is 0 Å². The zero-order chi connectivity index (χ0) is 16.0. The van der Waals surface area contributed by atoms with Gasteiger partial charge in [-0.3, -0.25) is 9.59 Å². The Morgan fingerprint density at radius 1 is 1.29 bits per heavy atom. The number of piperazine rings is 1. The maximum atomic E-state index is 12.7. The average molecular weight is 292 g/mol. The third-order valence-electron chi connectivity index (χ3n) is 4.27. The minimum Gasteiger partial charge on any atom is -0.342 e. The van der Waals surface area contributed by atoms with Crippen LogP contribution in [0.4, 0.5) is 0 Å². The summed E-state index contributed by atoms with van der Waals surface area (Å²) in [6, 6.07) is -0.742. The van der Waals surface area contributed by atoms with Crippen molar-refractivity contribution in [2.75, 3.05) is 6.54 Å². The van der Waals surface area contributed by atoms with Crippen molar-refractivity contribution in [2.24, 2.45) is 11.8 Å². The van der Waals surface area contributed by atoms with Gasteiger partial charge in [-0.2, -0.15) is 0 Å². The Kier molecular flexibility index (Phi) is 6.74. The fraction of sp³-hybridized carbons (Fsp3) is 0.765. The van der Waals surface area contributed by atoms with Gasteiger partial charge in [0, 0.05) is 13.0 Å². The molecular formula is C17H28N2O2. The van der Waals surface area contributed by atoms with Crippen LogP contribution < -0.4 is 5.32 Å². The molecule has 1 saturated heterocycles. The SMILES string of the molecule is C#CCCCCN1C(=O)C(C(C)CC)NC(=O)C1C(C)C. The van der Waals surface area contributed by atoms with Crippen molar-refractivity contribution in [1.29, 1.82) is 0 Å². The van der Waals surface area contributed by atoms with E-state index in [2.05, 4.69) is 11.2 Å². The van der Waals surface area contributed by atoms with Crippen LogP contribution in [0.2, 0.25) is 0 Å². The molecule has 4 nitrogen and oxygen atoms in total. The third-order valence-corrected chi connectivity index (χ3v) is 4.27. The van der Waals surface area contributed by atoms with E-state index in [-0.39, 0.29) is 35.7 Å². The van der Waals surface area contributed by atoms with Crippen LogP contribution in [-0.4, -0.2) is 35.3 Å². The normalized spacial score (nSPS) is 23.9. The van der Waals surface area contributed by atoms with Gasteiger partial charge >= 0.3 is 0 Å². The van der Waals surface area contributed by atoms with E-state index < -0.39 is 0 Å². The first-order valence-electron chi connectivity index (χ1n) is 7.98. The number of rotatable bonds is 7. The molecule has 1 aliphatic heterocycles. The van der Waals surface area contributed by atoms with Gasteiger partial charge in [0.1, 0.15) is 12.1 Å². The van der Waals surface area contributed by atoms with E-state index in [1.807, 2.05) is 27.7 Å². The van der Waals surface area contributed by atoms with Crippen LogP contribution in [0.5, 0.6) is 0 Å². The molecule has 3 atom stereocenters. The molecule has 0 aliphatic carbocycles. The van der Waals surface area contributed by atoms with Crippen molar-refractivity contribution in [3.05, 3.63) is 0 Å². The zero-order valence-corrected chi connectivity index (χ0v) is 13.7. The lowest BCUT2D eigenvalue weighted by Gasteiger charge is -2.42. The van der Waals surface area contributed by atoms with E-state index in [0.29, 0.717) is 6.54 Å². The molecule has 21 heavy (non-hydrogen) atoms. The fourth-order valence-corrected chi connectivity index (χ4v) is 2.80. The fourth-order valence-electron chi connectivity index (χ4n) is 2.80. The summed E-state index contributed by atoms with van der Waals surface area (Å²) in [5.74, 6) is 2.92. The van der Waals surface area contributed by atoms with Gasteiger partial charge in [-0.1, -0.05) is 34.1 Å². The lowest BCUT2D eigenvalue weighted by Crippen LogP contribution is -2.66. The Labute approximate surface area is 128 Å². The maximum absolute atomic E-state index is 12.7. The number of hydrogen-bond donors (Lipinski definition) is 1. The van der Waals surface area contributed by atoms with Crippen molar-refractivity contribution < 1.29 is 9.59 Å². The predicted molar refractivity (Wildman–Crippen MR) is 84.4 cm³/mol. The quantitative estimate of drug-likeness (QED) is 0.577. The number of nitrogens with zero attached hydrogens (tertiary/aromatic N) is 1. The van der Waals surface area contributed by atoms with Crippen LogP contribution in [0.3, 0.4) is 0 Å². The molecule has 1 rings (SSSR count). The minimum atomic E-state index is -0.384. The summed E-state index contributed by atoms with van der Waals surface area (Å²) in [5.41, 5.74) is 0. The van der Waals surface area contributed by atoms with E-state index in [4.69, 9.17) is 6.42 Å². The highest BCUT2D eigenvalue weighted by Crippen LogP contribution is 2.22. The van der Waals surface area contributed by atoms with E-state index in [9.17, 15) is 9.59 Å². The highest BCUT2D eigenvalue weighted by molar-refractivity contribution is 5.97. The molecular weight excluding hydrogens is 264 g/mol. The summed E-state index contributed by atoms with van der Waals surface area (Å²) in [5, 5.41) is 2.92. The number of carbonyl (C=O) groups is 2. The van der Waals surface area contributed by atoms with Gasteiger partial charge in [-0.25, -0.2) is 0 Å². The van der Waals surface area contributed by atoms with Gasteiger partial charge in [0.15, 0.2) is 0 Å². The second-order valence-electron chi connectivity index (χ2n) is 6.25. The standard InChI is InChI=1S/C17H28N2O2/c1-6-8-9-10-11-19-15(12(3)4)16(20)18-14(17(19)21)13(5)7-2/h1,12-15H,7-11H2,2-5H3,(H,18,20). The van der Waals surface area contributed by atoms with Gasteiger partial charge in [-0.05, 0) is 24.7 Å². The summed E-state index contributed by atoms with van der Waals surface area (Å²) in [7, 11) is 0. The number of carbonyl (C=O) groups excluding carboxylic acids is 2. The Balaban J connectivity index is 2.85. The molecule has 0 spiro atoms. The molecule has 0 aromatic carbocycles. The maximum Gasteiger partial charge on any atom is 0.246 e. The summed E-state index contributed by atoms with van der Waals surface area (Å²) in [6.07, 6.45) is 8.58. The van der Waals surface area contributed by atoms with Crippen LogP contribution in [0, 0.1) is 24.2 Å². The molecule has 2 amide bonds. The number of unbranched alkanes of at least 4 members (excludes halogenated alkanes) is 2. The number of nitrogens with one attached hydrogen (secondary N) is 1. The molecule has 0 radical (unpaired) electrons. The van der Waals surface area contributed by atoms with Crippen LogP contribution in [0.15, 0.2) is 0 Å². The van der Waals surface area contributed by atoms with Crippen LogP contribution >= 0.6 is 0 Å². The minimum absolute atomic E-state index is 0.0214. The van der Waals surface area contributed by atoms with Gasteiger partial charge in [0.05, 0.1) is 0 Å². The van der Waals surface area contributed by atoms with E-state index in [1.165, 1.54) is 0 Å². The summed E-state index contributed by atoms with van der Waals surface area (Å²) in [6.45, 7) is 8.62. The van der Waals surface area contributed by atoms with Crippen molar-refractivity contribution in [1.82, 2.24) is 10.2 Å². The molecule has 0 aromatic rings.